The summed E-state index contributed by atoms with van der Waals surface area (Å²) in [7, 11) is 1.40. The third-order valence-corrected chi connectivity index (χ3v) is 2.76. The molecule has 84 valence electrons. The van der Waals surface area contributed by atoms with Gasteiger partial charge < -0.3 is 9.72 Å². The van der Waals surface area contributed by atoms with Crippen LogP contribution in [0.3, 0.4) is 0 Å². The largest absolute Gasteiger partial charge is 0.469 e. The molecule has 0 unspecified atom stereocenters. The Morgan fingerprint density at radius 3 is 3.12 bits per heavy atom. The molecule has 1 N–H and O–H groups in total. The van der Waals surface area contributed by atoms with Crippen LogP contribution in [0.2, 0.25) is 0 Å². The van der Waals surface area contributed by atoms with E-state index < -0.39 is 0 Å². The summed E-state index contributed by atoms with van der Waals surface area (Å²) in [6, 6.07) is 5.78. The number of halogens is 1. The van der Waals surface area contributed by atoms with E-state index in [2.05, 4.69) is 30.6 Å². The van der Waals surface area contributed by atoms with Crippen LogP contribution >= 0.6 is 15.9 Å². The minimum absolute atomic E-state index is 0.201. The number of hydrogen-bond acceptors (Lipinski definition) is 3. The molecule has 0 saturated heterocycles. The Labute approximate surface area is 101 Å². The Hall–Kier alpha value is -1.36. The van der Waals surface area contributed by atoms with Crippen LogP contribution in [0.25, 0.3) is 11.0 Å². The molecule has 5 heteroatoms. The fraction of sp³-hybridized carbons (Fsp3) is 0.273. The van der Waals surface area contributed by atoms with Crippen LogP contribution in [0.4, 0.5) is 0 Å². The maximum Gasteiger partial charge on any atom is 0.305 e. The summed E-state index contributed by atoms with van der Waals surface area (Å²) in [6.07, 6.45) is 1.02. The molecule has 0 aliphatic rings. The summed E-state index contributed by atoms with van der Waals surface area (Å²) in [5.41, 5.74) is 2.86. The van der Waals surface area contributed by atoms with Gasteiger partial charge in [0.2, 0.25) is 0 Å². The number of carbonyl (C=O) groups is 1. The van der Waals surface area contributed by atoms with Gasteiger partial charge in [-0.3, -0.25) is 4.79 Å². The zero-order valence-electron chi connectivity index (χ0n) is 8.79. The van der Waals surface area contributed by atoms with Crippen molar-refractivity contribution in [3.05, 3.63) is 28.5 Å². The summed E-state index contributed by atoms with van der Waals surface area (Å²) in [4.78, 5) is 18.5. The van der Waals surface area contributed by atoms with E-state index in [1.807, 2.05) is 18.2 Å². The normalized spacial score (nSPS) is 10.6. The summed E-state index contributed by atoms with van der Waals surface area (Å²) in [5, 5.41) is 0. The molecule has 2 aromatic heterocycles. The summed E-state index contributed by atoms with van der Waals surface area (Å²) < 4.78 is 5.39. The third-order valence-electron chi connectivity index (χ3n) is 2.32. The molecule has 0 bridgehead atoms. The van der Waals surface area contributed by atoms with E-state index in [-0.39, 0.29) is 5.97 Å². The number of methoxy groups -OCH3 is 1. The number of aromatic nitrogens is 2. The predicted molar refractivity (Wildman–Crippen MR) is 64.1 cm³/mol. The van der Waals surface area contributed by atoms with Crippen molar-refractivity contribution < 1.29 is 9.53 Å². The topological polar surface area (TPSA) is 55.0 Å². The number of H-pyrrole nitrogens is 1. The Morgan fingerprint density at radius 2 is 2.38 bits per heavy atom. The fourth-order valence-corrected chi connectivity index (χ4v) is 1.84. The van der Waals surface area contributed by atoms with Gasteiger partial charge in [-0.2, -0.15) is 0 Å². The van der Waals surface area contributed by atoms with E-state index in [1.54, 1.807) is 0 Å². The molecule has 0 aromatic carbocycles. The van der Waals surface area contributed by atoms with Crippen molar-refractivity contribution in [2.75, 3.05) is 7.11 Å². The van der Waals surface area contributed by atoms with E-state index in [1.165, 1.54) is 7.11 Å². The second-order valence-corrected chi connectivity index (χ2v) is 4.25. The molecule has 2 aromatic rings. The van der Waals surface area contributed by atoms with Gasteiger partial charge in [0.25, 0.3) is 0 Å². The van der Waals surface area contributed by atoms with Gasteiger partial charge in [-0.25, -0.2) is 4.98 Å². The molecule has 0 spiro atoms. The molecule has 0 radical (unpaired) electrons. The average Bonchev–Trinajstić information content (AvgIpc) is 2.67. The number of hydrogen-bond donors (Lipinski definition) is 1. The quantitative estimate of drug-likeness (QED) is 0.695. The molecule has 16 heavy (non-hydrogen) atoms. The Bertz CT molecular complexity index is 522. The number of nitrogens with zero attached hydrogens (tertiary/aromatic N) is 1. The summed E-state index contributed by atoms with van der Waals surface area (Å²) in [6.45, 7) is 0. The standard InChI is InChI=1S/C11H11BrN2O2/c1-16-11(15)5-2-7-6-9-8(13-7)3-4-10(12)14-9/h3-4,6,13H,2,5H2,1H3. The number of aryl methyl sites for hydroxylation is 1. The number of aromatic amines is 1. The van der Waals surface area contributed by atoms with Crippen LogP contribution in [0.5, 0.6) is 0 Å². The molecule has 2 rings (SSSR count). The number of nitrogens with one attached hydrogen (secondary N) is 1. The number of fused-ring (bicyclic) bond motifs is 1. The summed E-state index contributed by atoms with van der Waals surface area (Å²) >= 11 is 3.32. The van der Waals surface area contributed by atoms with Crippen LogP contribution in [-0.4, -0.2) is 23.0 Å². The lowest BCUT2D eigenvalue weighted by atomic mass is 10.2. The molecular weight excluding hydrogens is 272 g/mol. The molecule has 0 aliphatic heterocycles. The molecule has 0 saturated carbocycles. The molecule has 0 aliphatic carbocycles. The smallest absolute Gasteiger partial charge is 0.305 e. The van der Waals surface area contributed by atoms with Gasteiger partial charge in [0.05, 0.1) is 24.6 Å². The van der Waals surface area contributed by atoms with Gasteiger partial charge >= 0.3 is 5.97 Å². The molecule has 4 nitrogen and oxygen atoms in total. The van der Waals surface area contributed by atoms with Gasteiger partial charge in [-0.1, -0.05) is 0 Å². The van der Waals surface area contributed by atoms with Crippen molar-refractivity contribution in [2.45, 2.75) is 12.8 Å². The first-order chi connectivity index (χ1) is 7.69. The molecule has 0 atom stereocenters. The SMILES string of the molecule is COC(=O)CCc1cc2nc(Br)ccc2[nH]1. The zero-order valence-corrected chi connectivity index (χ0v) is 10.4. The lowest BCUT2D eigenvalue weighted by Gasteiger charge is -1.96. The predicted octanol–water partition coefficient (Wildman–Crippen LogP) is 2.43. The summed E-state index contributed by atoms with van der Waals surface area (Å²) in [5.74, 6) is -0.201. The lowest BCUT2D eigenvalue weighted by molar-refractivity contribution is -0.140. The van der Waals surface area contributed by atoms with Crippen molar-refractivity contribution in [3.63, 3.8) is 0 Å². The zero-order chi connectivity index (χ0) is 11.5. The Morgan fingerprint density at radius 1 is 1.56 bits per heavy atom. The number of rotatable bonds is 3. The minimum atomic E-state index is -0.201. The van der Waals surface area contributed by atoms with Crippen molar-refractivity contribution in [1.29, 1.82) is 0 Å². The molecule has 0 fully saturated rings. The van der Waals surface area contributed by atoms with Gasteiger partial charge in [-0.15, -0.1) is 0 Å². The highest BCUT2D eigenvalue weighted by molar-refractivity contribution is 9.10. The molecule has 2 heterocycles. The van der Waals surface area contributed by atoms with E-state index in [0.29, 0.717) is 12.8 Å². The van der Waals surface area contributed by atoms with Gasteiger partial charge in [0.15, 0.2) is 0 Å². The highest BCUT2D eigenvalue weighted by Crippen LogP contribution is 2.17. The van der Waals surface area contributed by atoms with Crippen molar-refractivity contribution in [3.8, 4) is 0 Å². The Kier molecular flexibility index (Phi) is 3.24. The molecular formula is C11H11BrN2O2. The molecule has 0 amide bonds. The first-order valence-electron chi connectivity index (χ1n) is 4.90. The van der Waals surface area contributed by atoms with Crippen molar-refractivity contribution in [2.24, 2.45) is 0 Å². The van der Waals surface area contributed by atoms with Gasteiger partial charge in [0.1, 0.15) is 4.60 Å². The van der Waals surface area contributed by atoms with Crippen LogP contribution < -0.4 is 0 Å². The number of carbonyl (C=O) groups excluding carboxylic acids is 1. The maximum atomic E-state index is 11.0. The first-order valence-corrected chi connectivity index (χ1v) is 5.69. The maximum absolute atomic E-state index is 11.0. The fourth-order valence-electron chi connectivity index (χ4n) is 1.51. The second-order valence-electron chi connectivity index (χ2n) is 3.44. The van der Waals surface area contributed by atoms with E-state index in [4.69, 9.17) is 0 Å². The van der Waals surface area contributed by atoms with Crippen LogP contribution in [-0.2, 0) is 16.0 Å². The average molecular weight is 283 g/mol. The third kappa shape index (κ3) is 2.41. The van der Waals surface area contributed by atoms with Gasteiger partial charge in [-0.05, 0) is 40.5 Å². The second kappa shape index (κ2) is 4.65. The van der Waals surface area contributed by atoms with E-state index in [0.717, 1.165) is 21.3 Å². The number of pyridine rings is 1. The lowest BCUT2D eigenvalue weighted by Crippen LogP contribution is -2.01. The van der Waals surface area contributed by atoms with E-state index in [9.17, 15) is 4.79 Å². The highest BCUT2D eigenvalue weighted by atomic mass is 79.9. The first kappa shape index (κ1) is 11.1. The van der Waals surface area contributed by atoms with Crippen LogP contribution in [0.15, 0.2) is 22.8 Å². The minimum Gasteiger partial charge on any atom is -0.469 e. The van der Waals surface area contributed by atoms with Crippen molar-refractivity contribution >= 4 is 32.9 Å². The van der Waals surface area contributed by atoms with Crippen LogP contribution in [0, 0.1) is 0 Å². The van der Waals surface area contributed by atoms with E-state index >= 15 is 0 Å². The van der Waals surface area contributed by atoms with Gasteiger partial charge in [0, 0.05) is 5.69 Å². The van der Waals surface area contributed by atoms with Crippen LogP contribution in [0.1, 0.15) is 12.1 Å². The number of ether oxygens (including phenoxy) is 1. The monoisotopic (exact) mass is 282 g/mol. The number of esters is 1. The van der Waals surface area contributed by atoms with Crippen molar-refractivity contribution in [1.82, 2.24) is 9.97 Å². The Balaban J connectivity index is 2.16. The highest BCUT2D eigenvalue weighted by Gasteiger charge is 2.05.